The molecule has 0 radical (unpaired) electrons. The summed E-state index contributed by atoms with van der Waals surface area (Å²) in [6.45, 7) is 2.43. The number of piperazine rings is 1. The molecule has 1 N–H and O–H groups in total. The van der Waals surface area contributed by atoms with Crippen molar-refractivity contribution in [3.63, 3.8) is 0 Å². The Kier molecular flexibility index (Phi) is 3.19. The summed E-state index contributed by atoms with van der Waals surface area (Å²) < 4.78 is 26.7. The molecule has 0 spiro atoms. The average molecular weight is 243 g/mol. The number of nitro benzene ring substituents is 1. The van der Waals surface area contributed by atoms with Gasteiger partial charge in [0, 0.05) is 38.3 Å². The normalized spacial score (nSPS) is 16.0. The SMILES string of the molecule is O=[N+]([O-])c1cc(N2CCNCC2)c(F)cc1F. The highest BCUT2D eigenvalue weighted by molar-refractivity contribution is 5.55. The van der Waals surface area contributed by atoms with Gasteiger partial charge in [0.2, 0.25) is 5.82 Å². The zero-order valence-corrected chi connectivity index (χ0v) is 8.95. The highest BCUT2D eigenvalue weighted by Gasteiger charge is 2.22. The predicted molar refractivity (Wildman–Crippen MR) is 58.1 cm³/mol. The Bertz CT molecular complexity index is 447. The van der Waals surface area contributed by atoms with Gasteiger partial charge in [0.05, 0.1) is 10.6 Å². The number of hydrogen-bond donors (Lipinski definition) is 1. The van der Waals surface area contributed by atoms with E-state index in [9.17, 15) is 18.9 Å². The van der Waals surface area contributed by atoms with Crippen LogP contribution in [-0.4, -0.2) is 31.1 Å². The zero-order valence-electron chi connectivity index (χ0n) is 8.95. The van der Waals surface area contributed by atoms with Crippen molar-refractivity contribution in [2.45, 2.75) is 0 Å². The van der Waals surface area contributed by atoms with Crippen molar-refractivity contribution in [1.29, 1.82) is 0 Å². The molecule has 0 saturated carbocycles. The first-order valence-corrected chi connectivity index (χ1v) is 5.18. The lowest BCUT2D eigenvalue weighted by molar-refractivity contribution is -0.387. The molecule has 0 atom stereocenters. The van der Waals surface area contributed by atoms with Gasteiger partial charge < -0.3 is 10.2 Å². The highest BCUT2D eigenvalue weighted by atomic mass is 19.1. The number of rotatable bonds is 2. The Hall–Kier alpha value is -1.76. The summed E-state index contributed by atoms with van der Waals surface area (Å²) in [6.07, 6.45) is 0. The molecule has 1 aromatic rings. The number of halogens is 2. The summed E-state index contributed by atoms with van der Waals surface area (Å²) in [5, 5.41) is 13.7. The summed E-state index contributed by atoms with van der Waals surface area (Å²) in [4.78, 5) is 11.4. The summed E-state index contributed by atoms with van der Waals surface area (Å²) in [6, 6.07) is 1.52. The van der Waals surface area contributed by atoms with Crippen LogP contribution in [0.4, 0.5) is 20.2 Å². The molecular formula is C10H11F2N3O2. The standard InChI is InChI=1S/C10H11F2N3O2/c11-7-5-8(12)10(15(16)17)6-9(7)14-3-1-13-2-4-14/h5-6,13H,1-4H2. The van der Waals surface area contributed by atoms with Crippen LogP contribution in [0.5, 0.6) is 0 Å². The summed E-state index contributed by atoms with van der Waals surface area (Å²) in [5.74, 6) is -1.92. The molecule has 1 aromatic carbocycles. The number of nitro groups is 1. The number of nitrogens with zero attached hydrogens (tertiary/aromatic N) is 2. The van der Waals surface area contributed by atoms with Gasteiger partial charge in [-0.25, -0.2) is 4.39 Å². The molecule has 2 rings (SSSR count). The lowest BCUT2D eigenvalue weighted by Gasteiger charge is -2.29. The van der Waals surface area contributed by atoms with E-state index in [1.807, 2.05) is 0 Å². The van der Waals surface area contributed by atoms with E-state index >= 15 is 0 Å². The molecule has 0 aliphatic carbocycles. The van der Waals surface area contributed by atoms with Gasteiger partial charge in [0.25, 0.3) is 0 Å². The first kappa shape index (κ1) is 11.7. The van der Waals surface area contributed by atoms with Crippen molar-refractivity contribution in [3.8, 4) is 0 Å². The van der Waals surface area contributed by atoms with Gasteiger partial charge in [-0.1, -0.05) is 0 Å². The highest BCUT2D eigenvalue weighted by Crippen LogP contribution is 2.28. The Morgan fingerprint density at radius 2 is 1.88 bits per heavy atom. The summed E-state index contributed by atoms with van der Waals surface area (Å²) >= 11 is 0. The predicted octanol–water partition coefficient (Wildman–Crippen LogP) is 1.28. The van der Waals surface area contributed by atoms with Crippen LogP contribution < -0.4 is 10.2 Å². The fourth-order valence-electron chi connectivity index (χ4n) is 1.81. The topological polar surface area (TPSA) is 58.4 Å². The second-order valence-electron chi connectivity index (χ2n) is 3.75. The maximum Gasteiger partial charge on any atom is 0.307 e. The number of nitrogens with one attached hydrogen (secondary N) is 1. The molecule has 1 aliphatic heterocycles. The molecule has 17 heavy (non-hydrogen) atoms. The van der Waals surface area contributed by atoms with Gasteiger partial charge in [-0.3, -0.25) is 10.1 Å². The second-order valence-corrected chi connectivity index (χ2v) is 3.75. The monoisotopic (exact) mass is 243 g/mol. The van der Waals surface area contributed by atoms with Crippen molar-refractivity contribution in [2.24, 2.45) is 0 Å². The van der Waals surface area contributed by atoms with E-state index in [1.54, 1.807) is 4.90 Å². The van der Waals surface area contributed by atoms with Gasteiger partial charge in [0.1, 0.15) is 5.82 Å². The van der Waals surface area contributed by atoms with Crippen molar-refractivity contribution < 1.29 is 13.7 Å². The molecule has 7 heteroatoms. The molecule has 1 aliphatic rings. The summed E-state index contributed by atoms with van der Waals surface area (Å²) in [7, 11) is 0. The summed E-state index contributed by atoms with van der Waals surface area (Å²) in [5.41, 5.74) is -0.612. The van der Waals surface area contributed by atoms with Gasteiger partial charge in [-0.05, 0) is 0 Å². The van der Waals surface area contributed by atoms with E-state index in [2.05, 4.69) is 5.32 Å². The van der Waals surface area contributed by atoms with Crippen molar-refractivity contribution in [3.05, 3.63) is 33.9 Å². The lowest BCUT2D eigenvalue weighted by atomic mass is 10.2. The van der Waals surface area contributed by atoms with Crippen LogP contribution in [0.15, 0.2) is 12.1 Å². The Labute approximate surface area is 96.2 Å². The second kappa shape index (κ2) is 4.62. The fourth-order valence-corrected chi connectivity index (χ4v) is 1.81. The molecular weight excluding hydrogens is 232 g/mol. The first-order chi connectivity index (χ1) is 8.09. The molecule has 0 bridgehead atoms. The maximum absolute atomic E-state index is 13.6. The molecule has 1 fully saturated rings. The van der Waals surface area contributed by atoms with E-state index in [1.165, 1.54) is 0 Å². The van der Waals surface area contributed by atoms with Gasteiger partial charge in [0.15, 0.2) is 0 Å². The van der Waals surface area contributed by atoms with Crippen molar-refractivity contribution >= 4 is 11.4 Å². The van der Waals surface area contributed by atoms with Gasteiger partial charge >= 0.3 is 5.69 Å². The molecule has 5 nitrogen and oxygen atoms in total. The molecule has 1 heterocycles. The smallest absolute Gasteiger partial charge is 0.307 e. The lowest BCUT2D eigenvalue weighted by Crippen LogP contribution is -2.43. The van der Waals surface area contributed by atoms with Crippen LogP contribution in [0.1, 0.15) is 0 Å². The largest absolute Gasteiger partial charge is 0.366 e. The number of anilines is 1. The van der Waals surface area contributed by atoms with Gasteiger partial charge in [-0.15, -0.1) is 0 Å². The van der Waals surface area contributed by atoms with Crippen LogP contribution in [-0.2, 0) is 0 Å². The van der Waals surface area contributed by atoms with Crippen LogP contribution in [0, 0.1) is 21.7 Å². The van der Waals surface area contributed by atoms with Crippen molar-refractivity contribution in [1.82, 2.24) is 5.32 Å². The minimum absolute atomic E-state index is 0.0830. The fraction of sp³-hybridized carbons (Fsp3) is 0.400. The average Bonchev–Trinajstić information content (AvgIpc) is 2.29. The zero-order chi connectivity index (χ0) is 12.4. The minimum atomic E-state index is -1.15. The molecule has 0 unspecified atom stereocenters. The number of hydrogen-bond acceptors (Lipinski definition) is 4. The Balaban J connectivity index is 2.38. The molecule has 1 saturated heterocycles. The Morgan fingerprint density at radius 3 is 2.47 bits per heavy atom. The quantitative estimate of drug-likeness (QED) is 0.628. The van der Waals surface area contributed by atoms with E-state index in [-0.39, 0.29) is 5.69 Å². The van der Waals surface area contributed by atoms with Crippen LogP contribution >= 0.6 is 0 Å². The molecule has 0 aromatic heterocycles. The third-order valence-corrected chi connectivity index (χ3v) is 2.67. The van der Waals surface area contributed by atoms with E-state index in [0.29, 0.717) is 32.2 Å². The van der Waals surface area contributed by atoms with E-state index in [0.717, 1.165) is 6.07 Å². The molecule has 92 valence electrons. The maximum atomic E-state index is 13.6. The third-order valence-electron chi connectivity index (χ3n) is 2.67. The van der Waals surface area contributed by atoms with Crippen LogP contribution in [0.3, 0.4) is 0 Å². The third kappa shape index (κ3) is 2.33. The van der Waals surface area contributed by atoms with E-state index in [4.69, 9.17) is 0 Å². The van der Waals surface area contributed by atoms with Crippen LogP contribution in [0.25, 0.3) is 0 Å². The Morgan fingerprint density at radius 1 is 1.24 bits per heavy atom. The van der Waals surface area contributed by atoms with Crippen molar-refractivity contribution in [2.75, 3.05) is 31.1 Å². The van der Waals surface area contributed by atoms with E-state index < -0.39 is 22.2 Å². The number of benzene rings is 1. The molecule has 0 amide bonds. The minimum Gasteiger partial charge on any atom is -0.366 e. The first-order valence-electron chi connectivity index (χ1n) is 5.18. The van der Waals surface area contributed by atoms with Crippen LogP contribution in [0.2, 0.25) is 0 Å². The van der Waals surface area contributed by atoms with Gasteiger partial charge in [-0.2, -0.15) is 4.39 Å².